The van der Waals surface area contributed by atoms with Gasteiger partial charge in [-0.1, -0.05) is 0 Å². The van der Waals surface area contributed by atoms with Gasteiger partial charge in [0.05, 0.1) is 26.9 Å². The lowest BCUT2D eigenvalue weighted by Crippen LogP contribution is -1.99. The molecule has 1 aliphatic rings. The van der Waals surface area contributed by atoms with E-state index in [4.69, 9.17) is 18.9 Å². The zero-order chi connectivity index (χ0) is 17.3. The molecule has 0 saturated heterocycles. The van der Waals surface area contributed by atoms with Gasteiger partial charge in [0, 0.05) is 17.2 Å². The molecule has 0 spiro atoms. The van der Waals surface area contributed by atoms with E-state index < -0.39 is 0 Å². The summed E-state index contributed by atoms with van der Waals surface area (Å²) >= 11 is 0. The Kier molecular flexibility index (Phi) is 4.16. The lowest BCUT2D eigenvalue weighted by Gasteiger charge is -2.09. The average Bonchev–Trinajstić information content (AvgIpc) is 2.92. The Hall–Kier alpha value is -2.95. The fraction of sp³-hybridized carbons (Fsp3) is 0.211. The summed E-state index contributed by atoms with van der Waals surface area (Å²) in [5.41, 5.74) is 2.07. The molecule has 1 aliphatic heterocycles. The van der Waals surface area contributed by atoms with E-state index in [-0.39, 0.29) is 11.5 Å². The Balaban J connectivity index is 2.02. The zero-order valence-electron chi connectivity index (χ0n) is 14.0. The van der Waals surface area contributed by atoms with E-state index in [1.165, 1.54) is 0 Å². The van der Waals surface area contributed by atoms with E-state index in [1.807, 2.05) is 13.0 Å². The Morgan fingerprint density at radius 3 is 2.38 bits per heavy atom. The summed E-state index contributed by atoms with van der Waals surface area (Å²) in [5, 5.41) is 0. The normalized spacial score (nSPS) is 14.3. The van der Waals surface area contributed by atoms with Gasteiger partial charge in [-0.25, -0.2) is 0 Å². The quantitative estimate of drug-likeness (QED) is 0.803. The van der Waals surface area contributed by atoms with Crippen LogP contribution in [0.3, 0.4) is 0 Å². The van der Waals surface area contributed by atoms with Crippen molar-refractivity contribution in [2.45, 2.75) is 6.92 Å². The fourth-order valence-corrected chi connectivity index (χ4v) is 2.67. The van der Waals surface area contributed by atoms with Gasteiger partial charge in [0.2, 0.25) is 5.78 Å². The second kappa shape index (κ2) is 6.28. The van der Waals surface area contributed by atoms with E-state index >= 15 is 0 Å². The molecule has 0 amide bonds. The monoisotopic (exact) mass is 326 g/mol. The van der Waals surface area contributed by atoms with Crippen LogP contribution < -0.4 is 18.9 Å². The molecule has 124 valence electrons. The number of benzene rings is 2. The van der Waals surface area contributed by atoms with E-state index in [1.54, 1.807) is 51.7 Å². The number of Topliss-reactive ketones (excluding diaryl/α,β-unsaturated/α-hetero) is 1. The smallest absolute Gasteiger partial charge is 0.231 e. The van der Waals surface area contributed by atoms with Gasteiger partial charge in [0.1, 0.15) is 23.0 Å². The summed E-state index contributed by atoms with van der Waals surface area (Å²) in [6.45, 7) is 1.86. The summed E-state index contributed by atoms with van der Waals surface area (Å²) in [6, 6.07) is 8.86. The Morgan fingerprint density at radius 1 is 0.958 bits per heavy atom. The van der Waals surface area contributed by atoms with Crippen LogP contribution in [0, 0.1) is 6.92 Å². The molecule has 5 nitrogen and oxygen atoms in total. The molecule has 0 N–H and O–H groups in total. The number of rotatable bonds is 4. The summed E-state index contributed by atoms with van der Waals surface area (Å²) in [7, 11) is 4.74. The molecule has 2 aromatic carbocycles. The van der Waals surface area contributed by atoms with Crippen LogP contribution in [0.1, 0.15) is 21.5 Å². The van der Waals surface area contributed by atoms with Gasteiger partial charge < -0.3 is 18.9 Å². The molecule has 3 rings (SSSR count). The molecule has 5 heteroatoms. The molecule has 0 atom stereocenters. The Bertz CT molecular complexity index is 836. The number of allylic oxidation sites excluding steroid dienone is 1. The minimum atomic E-state index is -0.159. The third-order valence-corrected chi connectivity index (χ3v) is 3.98. The lowest BCUT2D eigenvalue weighted by molar-refractivity contribution is 0.101. The van der Waals surface area contributed by atoms with Crippen molar-refractivity contribution < 1.29 is 23.7 Å². The molecule has 0 aromatic heterocycles. The van der Waals surface area contributed by atoms with E-state index in [0.717, 1.165) is 11.1 Å². The average molecular weight is 326 g/mol. The third kappa shape index (κ3) is 2.58. The molecular weight excluding hydrogens is 308 g/mol. The molecule has 0 saturated carbocycles. The second-order valence-corrected chi connectivity index (χ2v) is 5.32. The molecule has 24 heavy (non-hydrogen) atoms. The number of fused-ring (bicyclic) bond motifs is 1. The number of hydrogen-bond acceptors (Lipinski definition) is 5. The standard InChI is InChI=1S/C19H18O5/c1-11-15(22-3)8-7-14-18(20)17(24-19(11)14)9-12-5-6-13(21-2)10-16(12)23-4/h5-10H,1-4H3. The van der Waals surface area contributed by atoms with Gasteiger partial charge in [-0.15, -0.1) is 0 Å². The topological polar surface area (TPSA) is 54.0 Å². The van der Waals surface area contributed by atoms with E-state index in [0.29, 0.717) is 28.6 Å². The van der Waals surface area contributed by atoms with Crippen LogP contribution in [0.2, 0.25) is 0 Å². The van der Waals surface area contributed by atoms with E-state index in [9.17, 15) is 4.79 Å². The first-order valence-electron chi connectivity index (χ1n) is 7.43. The van der Waals surface area contributed by atoms with Gasteiger partial charge in [-0.2, -0.15) is 0 Å². The molecule has 0 aliphatic carbocycles. The van der Waals surface area contributed by atoms with Crippen LogP contribution >= 0.6 is 0 Å². The molecular formula is C19H18O5. The van der Waals surface area contributed by atoms with Gasteiger partial charge in [-0.3, -0.25) is 4.79 Å². The summed E-state index contributed by atoms with van der Waals surface area (Å²) in [6.07, 6.45) is 1.67. The minimum Gasteiger partial charge on any atom is -0.497 e. The van der Waals surface area contributed by atoms with Crippen molar-refractivity contribution in [2.24, 2.45) is 0 Å². The van der Waals surface area contributed by atoms with Crippen LogP contribution in [0.5, 0.6) is 23.0 Å². The zero-order valence-corrected chi connectivity index (χ0v) is 14.0. The van der Waals surface area contributed by atoms with Crippen molar-refractivity contribution in [1.29, 1.82) is 0 Å². The van der Waals surface area contributed by atoms with Gasteiger partial charge in [0.25, 0.3) is 0 Å². The lowest BCUT2D eigenvalue weighted by atomic mass is 10.1. The first-order chi connectivity index (χ1) is 11.6. The molecule has 0 fully saturated rings. The highest BCUT2D eigenvalue weighted by molar-refractivity contribution is 6.15. The fourth-order valence-electron chi connectivity index (χ4n) is 2.67. The number of methoxy groups -OCH3 is 3. The van der Waals surface area contributed by atoms with Gasteiger partial charge >= 0.3 is 0 Å². The molecule has 2 aromatic rings. The maximum atomic E-state index is 12.6. The number of ketones is 1. The number of carbonyl (C=O) groups excluding carboxylic acids is 1. The highest BCUT2D eigenvalue weighted by atomic mass is 16.5. The van der Waals surface area contributed by atoms with Crippen LogP contribution in [0.15, 0.2) is 36.1 Å². The third-order valence-electron chi connectivity index (χ3n) is 3.98. The molecule has 0 radical (unpaired) electrons. The second-order valence-electron chi connectivity index (χ2n) is 5.32. The first kappa shape index (κ1) is 15.9. The summed E-state index contributed by atoms with van der Waals surface area (Å²) in [5.74, 6) is 2.60. The number of ether oxygens (including phenoxy) is 4. The van der Waals surface area contributed by atoms with Crippen molar-refractivity contribution in [3.8, 4) is 23.0 Å². The summed E-state index contributed by atoms with van der Waals surface area (Å²) < 4.78 is 21.6. The van der Waals surface area contributed by atoms with Crippen molar-refractivity contribution in [2.75, 3.05) is 21.3 Å². The van der Waals surface area contributed by atoms with E-state index in [2.05, 4.69) is 0 Å². The summed E-state index contributed by atoms with van der Waals surface area (Å²) in [4.78, 5) is 12.6. The van der Waals surface area contributed by atoms with Crippen LogP contribution in [-0.4, -0.2) is 27.1 Å². The largest absolute Gasteiger partial charge is 0.497 e. The Labute approximate surface area is 140 Å². The van der Waals surface area contributed by atoms with Crippen molar-refractivity contribution in [3.05, 3.63) is 52.8 Å². The van der Waals surface area contributed by atoms with Gasteiger partial charge in [-0.05, 0) is 37.3 Å². The highest BCUT2D eigenvalue weighted by Gasteiger charge is 2.30. The van der Waals surface area contributed by atoms with Crippen molar-refractivity contribution in [1.82, 2.24) is 0 Å². The van der Waals surface area contributed by atoms with Crippen LogP contribution in [0.4, 0.5) is 0 Å². The SMILES string of the molecule is COc1ccc(C=C2Oc3c(ccc(OC)c3C)C2=O)c(OC)c1. The maximum absolute atomic E-state index is 12.6. The number of hydrogen-bond donors (Lipinski definition) is 0. The molecule has 0 bridgehead atoms. The van der Waals surface area contributed by atoms with Crippen molar-refractivity contribution >= 4 is 11.9 Å². The Morgan fingerprint density at radius 2 is 1.71 bits per heavy atom. The first-order valence-corrected chi connectivity index (χ1v) is 7.43. The minimum absolute atomic E-state index is 0.159. The number of carbonyl (C=O) groups is 1. The highest BCUT2D eigenvalue weighted by Crippen LogP contribution is 2.39. The molecule has 0 unspecified atom stereocenters. The van der Waals surface area contributed by atoms with Gasteiger partial charge in [0.15, 0.2) is 5.76 Å². The predicted octanol–water partition coefficient (Wildman–Crippen LogP) is 3.64. The van der Waals surface area contributed by atoms with Crippen LogP contribution in [0.25, 0.3) is 6.08 Å². The van der Waals surface area contributed by atoms with Crippen LogP contribution in [-0.2, 0) is 0 Å². The predicted molar refractivity (Wildman–Crippen MR) is 90.2 cm³/mol. The molecule has 1 heterocycles. The maximum Gasteiger partial charge on any atom is 0.231 e. The van der Waals surface area contributed by atoms with Crippen molar-refractivity contribution in [3.63, 3.8) is 0 Å².